The van der Waals surface area contributed by atoms with Crippen LogP contribution in [0.25, 0.3) is 0 Å². The molecule has 0 radical (unpaired) electrons. The summed E-state index contributed by atoms with van der Waals surface area (Å²) in [5.41, 5.74) is 2.25. The van der Waals surface area contributed by atoms with E-state index in [0.717, 1.165) is 0 Å². The minimum absolute atomic E-state index is 0.115. The Bertz CT molecular complexity index is 788. The summed E-state index contributed by atoms with van der Waals surface area (Å²) in [6, 6.07) is 10.0. The van der Waals surface area contributed by atoms with Crippen LogP contribution in [0.3, 0.4) is 0 Å². The molecule has 1 N–H and O–H groups in total. The number of rotatable bonds is 4. The highest BCUT2D eigenvalue weighted by Crippen LogP contribution is 2.26. The summed E-state index contributed by atoms with van der Waals surface area (Å²) in [5, 5.41) is 3.18. The monoisotopic (exact) mass is 346 g/mol. The first-order valence-electron chi connectivity index (χ1n) is 7.31. The highest BCUT2D eigenvalue weighted by Gasteiger charge is 2.15. The van der Waals surface area contributed by atoms with Crippen LogP contribution in [0.2, 0.25) is 5.02 Å². The topological polar surface area (TPSA) is 58.6 Å². The first-order chi connectivity index (χ1) is 11.3. The van der Waals surface area contributed by atoms with Gasteiger partial charge in [0.05, 0.1) is 12.1 Å². The summed E-state index contributed by atoms with van der Waals surface area (Å²) in [4.78, 5) is 26.1. The number of hydrogen-bond donors (Lipinski definition) is 1. The molecule has 5 nitrogen and oxygen atoms in total. The Hall–Kier alpha value is -2.53. The number of nitrogens with zero attached hydrogens (tertiary/aromatic N) is 1. The van der Waals surface area contributed by atoms with E-state index >= 15 is 0 Å². The van der Waals surface area contributed by atoms with E-state index in [1.54, 1.807) is 57.4 Å². The zero-order valence-corrected chi connectivity index (χ0v) is 14.8. The summed E-state index contributed by atoms with van der Waals surface area (Å²) in [6.07, 6.45) is 0. The summed E-state index contributed by atoms with van der Waals surface area (Å²) < 4.78 is 5.08. The lowest BCUT2D eigenvalue weighted by Gasteiger charge is -2.15. The van der Waals surface area contributed by atoms with Crippen molar-refractivity contribution in [2.75, 3.05) is 26.5 Å². The van der Waals surface area contributed by atoms with Gasteiger partial charge >= 0.3 is 0 Å². The maximum atomic E-state index is 12.4. The lowest BCUT2D eigenvalue weighted by Crippen LogP contribution is -2.23. The molecule has 0 heterocycles. The van der Waals surface area contributed by atoms with Crippen molar-refractivity contribution < 1.29 is 14.3 Å². The van der Waals surface area contributed by atoms with Crippen molar-refractivity contribution in [3.05, 3.63) is 58.1 Å². The average molecular weight is 347 g/mol. The summed E-state index contributed by atoms with van der Waals surface area (Å²) >= 11 is 6.05. The second-order valence-corrected chi connectivity index (χ2v) is 5.89. The fraction of sp³-hybridized carbons (Fsp3) is 0.222. The van der Waals surface area contributed by atoms with Gasteiger partial charge in [-0.15, -0.1) is 0 Å². The SMILES string of the molecule is COc1ccc(C(=O)Nc2cccc(C(=O)N(C)C)c2C)cc1Cl. The molecular weight excluding hydrogens is 328 g/mol. The Morgan fingerprint density at radius 2 is 1.88 bits per heavy atom. The molecule has 2 aromatic rings. The fourth-order valence-electron chi connectivity index (χ4n) is 2.25. The molecule has 0 atom stereocenters. The molecule has 0 saturated heterocycles. The third kappa shape index (κ3) is 3.68. The van der Waals surface area contributed by atoms with E-state index in [1.807, 2.05) is 0 Å². The second-order valence-electron chi connectivity index (χ2n) is 5.48. The maximum absolute atomic E-state index is 12.4. The van der Waals surface area contributed by atoms with Crippen molar-refractivity contribution >= 4 is 29.1 Å². The number of amides is 2. The molecule has 24 heavy (non-hydrogen) atoms. The van der Waals surface area contributed by atoms with Crippen molar-refractivity contribution in [1.29, 1.82) is 0 Å². The third-order valence-electron chi connectivity index (χ3n) is 3.63. The molecule has 6 heteroatoms. The smallest absolute Gasteiger partial charge is 0.255 e. The van der Waals surface area contributed by atoms with E-state index in [-0.39, 0.29) is 11.8 Å². The van der Waals surface area contributed by atoms with Crippen molar-refractivity contribution in [3.8, 4) is 5.75 Å². The van der Waals surface area contributed by atoms with Crippen LogP contribution >= 0.6 is 11.6 Å². The normalized spacial score (nSPS) is 10.2. The average Bonchev–Trinajstić information content (AvgIpc) is 2.55. The van der Waals surface area contributed by atoms with Crippen LogP contribution in [0, 0.1) is 6.92 Å². The van der Waals surface area contributed by atoms with E-state index < -0.39 is 0 Å². The van der Waals surface area contributed by atoms with Gasteiger partial charge in [-0.2, -0.15) is 0 Å². The van der Waals surface area contributed by atoms with E-state index in [1.165, 1.54) is 12.0 Å². The highest BCUT2D eigenvalue weighted by molar-refractivity contribution is 6.32. The van der Waals surface area contributed by atoms with Crippen molar-refractivity contribution in [2.45, 2.75) is 6.92 Å². The zero-order chi connectivity index (χ0) is 17.9. The van der Waals surface area contributed by atoms with Crippen LogP contribution in [-0.4, -0.2) is 37.9 Å². The first-order valence-corrected chi connectivity index (χ1v) is 7.69. The Labute approximate surface area is 146 Å². The minimum atomic E-state index is -0.308. The molecule has 0 aliphatic heterocycles. The Balaban J connectivity index is 2.28. The molecule has 126 valence electrons. The Kier molecular flexibility index (Phi) is 5.46. The minimum Gasteiger partial charge on any atom is -0.495 e. The lowest BCUT2D eigenvalue weighted by atomic mass is 10.1. The predicted molar refractivity (Wildman–Crippen MR) is 95.2 cm³/mol. The van der Waals surface area contributed by atoms with Gasteiger partial charge < -0.3 is 15.0 Å². The van der Waals surface area contributed by atoms with E-state index in [2.05, 4.69) is 5.32 Å². The molecule has 0 aliphatic carbocycles. The molecule has 0 spiro atoms. The molecule has 0 bridgehead atoms. The molecule has 2 amide bonds. The van der Waals surface area contributed by atoms with Gasteiger partial charge in [-0.05, 0) is 42.8 Å². The van der Waals surface area contributed by atoms with Crippen LogP contribution in [0.5, 0.6) is 5.75 Å². The van der Waals surface area contributed by atoms with E-state index in [0.29, 0.717) is 33.1 Å². The fourth-order valence-corrected chi connectivity index (χ4v) is 2.50. The van der Waals surface area contributed by atoms with Crippen LogP contribution in [-0.2, 0) is 0 Å². The largest absolute Gasteiger partial charge is 0.495 e. The molecular formula is C18H19ClN2O3. The lowest BCUT2D eigenvalue weighted by molar-refractivity contribution is 0.0826. The predicted octanol–water partition coefficient (Wildman–Crippen LogP) is 3.61. The number of halogens is 1. The van der Waals surface area contributed by atoms with E-state index in [4.69, 9.17) is 16.3 Å². The van der Waals surface area contributed by atoms with Gasteiger partial charge in [0.25, 0.3) is 11.8 Å². The third-order valence-corrected chi connectivity index (χ3v) is 3.93. The number of benzene rings is 2. The second kappa shape index (κ2) is 7.36. The number of ether oxygens (including phenoxy) is 1. The molecule has 0 saturated carbocycles. The molecule has 0 unspecified atom stereocenters. The van der Waals surface area contributed by atoms with Gasteiger partial charge in [0.15, 0.2) is 0 Å². The molecule has 2 rings (SSSR count). The molecule has 0 aliphatic rings. The molecule has 0 aromatic heterocycles. The highest BCUT2D eigenvalue weighted by atomic mass is 35.5. The Morgan fingerprint density at radius 3 is 2.46 bits per heavy atom. The van der Waals surface area contributed by atoms with Gasteiger partial charge in [-0.25, -0.2) is 0 Å². The van der Waals surface area contributed by atoms with Gasteiger partial charge in [0, 0.05) is 30.9 Å². The standard InChI is InChI=1S/C18H19ClN2O3/c1-11-13(18(23)21(2)3)6-5-7-15(11)20-17(22)12-8-9-16(24-4)14(19)10-12/h5-10H,1-4H3,(H,20,22). The number of methoxy groups -OCH3 is 1. The van der Waals surface area contributed by atoms with E-state index in [9.17, 15) is 9.59 Å². The number of carbonyl (C=O) groups excluding carboxylic acids is 2. The van der Waals surface area contributed by atoms with Crippen molar-refractivity contribution in [3.63, 3.8) is 0 Å². The number of hydrogen-bond acceptors (Lipinski definition) is 3. The van der Waals surface area contributed by atoms with Crippen LogP contribution in [0.15, 0.2) is 36.4 Å². The van der Waals surface area contributed by atoms with Gasteiger partial charge in [-0.3, -0.25) is 9.59 Å². The maximum Gasteiger partial charge on any atom is 0.255 e. The first kappa shape index (κ1) is 17.8. The number of carbonyl (C=O) groups is 2. The van der Waals surface area contributed by atoms with Crippen LogP contribution < -0.4 is 10.1 Å². The number of nitrogens with one attached hydrogen (secondary N) is 1. The summed E-state index contributed by atoms with van der Waals surface area (Å²) in [5.74, 6) is 0.0798. The van der Waals surface area contributed by atoms with Gasteiger partial charge in [-0.1, -0.05) is 17.7 Å². The van der Waals surface area contributed by atoms with Crippen LogP contribution in [0.4, 0.5) is 5.69 Å². The summed E-state index contributed by atoms with van der Waals surface area (Å²) in [7, 11) is 4.89. The number of anilines is 1. The Morgan fingerprint density at radius 1 is 1.17 bits per heavy atom. The summed E-state index contributed by atoms with van der Waals surface area (Å²) in [6.45, 7) is 1.80. The zero-order valence-electron chi connectivity index (χ0n) is 14.0. The quantitative estimate of drug-likeness (QED) is 0.920. The van der Waals surface area contributed by atoms with Crippen molar-refractivity contribution in [1.82, 2.24) is 4.90 Å². The molecule has 0 fully saturated rings. The van der Waals surface area contributed by atoms with Crippen LogP contribution in [0.1, 0.15) is 26.3 Å². The van der Waals surface area contributed by atoms with Gasteiger partial charge in [0.1, 0.15) is 5.75 Å². The molecule has 2 aromatic carbocycles. The van der Waals surface area contributed by atoms with Gasteiger partial charge in [0.2, 0.25) is 0 Å². The van der Waals surface area contributed by atoms with Crippen molar-refractivity contribution in [2.24, 2.45) is 0 Å².